The lowest BCUT2D eigenvalue weighted by Gasteiger charge is -2.28. The van der Waals surface area contributed by atoms with E-state index < -0.39 is 0 Å². The minimum Gasteiger partial charge on any atom is -0.309 e. The van der Waals surface area contributed by atoms with E-state index in [1.165, 1.54) is 12.1 Å². The number of nitrogens with zero attached hydrogens (tertiary/aromatic N) is 2. The Morgan fingerprint density at radius 2 is 1.92 bits per heavy atom. The normalized spacial score (nSPS) is 15.6. The van der Waals surface area contributed by atoms with Crippen molar-refractivity contribution in [2.45, 2.75) is 38.4 Å². The summed E-state index contributed by atoms with van der Waals surface area (Å²) in [6.45, 7) is 2.78. The summed E-state index contributed by atoms with van der Waals surface area (Å²) in [4.78, 5) is 22.3. The molecular formula is C20H20FN3O. The van der Waals surface area contributed by atoms with Crippen molar-refractivity contribution in [1.29, 1.82) is 0 Å². The molecule has 128 valence electrons. The number of aromatic amines is 1. The summed E-state index contributed by atoms with van der Waals surface area (Å²) in [6, 6.07) is 14.4. The number of nitrogens with one attached hydrogen (secondary N) is 1. The Bertz CT molecular complexity index is 947. The zero-order valence-corrected chi connectivity index (χ0v) is 14.1. The van der Waals surface area contributed by atoms with E-state index >= 15 is 0 Å². The summed E-state index contributed by atoms with van der Waals surface area (Å²) in [6.07, 6.45) is 2.28. The Morgan fingerprint density at radius 1 is 1.20 bits per heavy atom. The molecule has 1 saturated carbocycles. The number of H-pyrrole nitrogens is 1. The van der Waals surface area contributed by atoms with Crippen molar-refractivity contribution in [3.8, 4) is 0 Å². The van der Waals surface area contributed by atoms with Gasteiger partial charge in [-0.3, -0.25) is 9.69 Å². The van der Waals surface area contributed by atoms with Crippen LogP contribution < -0.4 is 5.56 Å². The van der Waals surface area contributed by atoms with Gasteiger partial charge in [0.25, 0.3) is 5.56 Å². The number of para-hydroxylation sites is 1. The Morgan fingerprint density at radius 3 is 2.64 bits per heavy atom. The van der Waals surface area contributed by atoms with Crippen LogP contribution in [0.15, 0.2) is 53.3 Å². The first kappa shape index (κ1) is 16.0. The largest absolute Gasteiger partial charge is 0.309 e. The van der Waals surface area contributed by atoms with Crippen LogP contribution in [0.25, 0.3) is 10.9 Å². The first-order valence-electron chi connectivity index (χ1n) is 8.61. The molecule has 2 aromatic carbocycles. The number of aromatic nitrogens is 2. The molecule has 1 N–H and O–H groups in total. The fourth-order valence-electron chi connectivity index (χ4n) is 3.25. The second-order valence-corrected chi connectivity index (χ2v) is 6.67. The average molecular weight is 337 g/mol. The number of benzene rings is 2. The van der Waals surface area contributed by atoms with Crippen molar-refractivity contribution < 1.29 is 4.39 Å². The van der Waals surface area contributed by atoms with Crippen LogP contribution in [0.1, 0.15) is 37.2 Å². The van der Waals surface area contributed by atoms with Gasteiger partial charge in [0.2, 0.25) is 0 Å². The molecule has 0 unspecified atom stereocenters. The molecule has 0 amide bonds. The van der Waals surface area contributed by atoms with Crippen molar-refractivity contribution in [2.75, 3.05) is 0 Å². The van der Waals surface area contributed by atoms with Crippen LogP contribution in [0.5, 0.6) is 0 Å². The van der Waals surface area contributed by atoms with E-state index in [1.54, 1.807) is 6.07 Å². The maximum absolute atomic E-state index is 13.1. The van der Waals surface area contributed by atoms with E-state index in [0.29, 0.717) is 29.3 Å². The van der Waals surface area contributed by atoms with Gasteiger partial charge in [-0.15, -0.1) is 0 Å². The van der Waals surface area contributed by atoms with Crippen LogP contribution >= 0.6 is 0 Å². The molecule has 25 heavy (non-hydrogen) atoms. The number of hydrogen-bond donors (Lipinski definition) is 1. The topological polar surface area (TPSA) is 49.0 Å². The predicted molar refractivity (Wildman–Crippen MR) is 95.7 cm³/mol. The summed E-state index contributed by atoms with van der Waals surface area (Å²) in [5, 5.41) is 0.606. The first-order valence-corrected chi connectivity index (χ1v) is 8.61. The van der Waals surface area contributed by atoms with Gasteiger partial charge in [0.15, 0.2) is 0 Å². The highest BCUT2D eigenvalue weighted by molar-refractivity contribution is 5.77. The predicted octanol–water partition coefficient (Wildman–Crippen LogP) is 3.79. The number of hydrogen-bond acceptors (Lipinski definition) is 3. The highest BCUT2D eigenvalue weighted by Crippen LogP contribution is 2.34. The second-order valence-electron chi connectivity index (χ2n) is 6.67. The smallest absolute Gasteiger partial charge is 0.258 e. The molecule has 1 aromatic heterocycles. The number of fused-ring (bicyclic) bond motifs is 1. The molecule has 4 rings (SSSR count). The molecule has 4 nitrogen and oxygen atoms in total. The molecule has 0 radical (unpaired) electrons. The van der Waals surface area contributed by atoms with Crippen LogP contribution in [-0.2, 0) is 6.54 Å². The molecule has 1 fully saturated rings. The number of halogens is 1. The summed E-state index contributed by atoms with van der Waals surface area (Å²) in [5.74, 6) is 0.452. The Labute approximate surface area is 145 Å². The van der Waals surface area contributed by atoms with E-state index in [4.69, 9.17) is 0 Å². The van der Waals surface area contributed by atoms with Crippen molar-refractivity contribution in [3.05, 3.63) is 76.1 Å². The first-order chi connectivity index (χ1) is 12.1. The SMILES string of the molecule is C[C@@H](c1nc2ccccc2c(=O)[nH]1)N(Cc1ccc(F)cc1)C1CC1. The van der Waals surface area contributed by atoms with Crippen LogP contribution in [0.4, 0.5) is 4.39 Å². The summed E-state index contributed by atoms with van der Waals surface area (Å²) < 4.78 is 13.1. The van der Waals surface area contributed by atoms with E-state index in [9.17, 15) is 9.18 Å². The molecule has 1 aliphatic carbocycles. The van der Waals surface area contributed by atoms with Crippen LogP contribution in [-0.4, -0.2) is 20.9 Å². The van der Waals surface area contributed by atoms with Gasteiger partial charge in [-0.1, -0.05) is 24.3 Å². The van der Waals surface area contributed by atoms with Gasteiger partial charge in [-0.25, -0.2) is 9.37 Å². The van der Waals surface area contributed by atoms with Crippen LogP contribution in [0, 0.1) is 5.82 Å². The van der Waals surface area contributed by atoms with Crippen molar-refractivity contribution in [2.24, 2.45) is 0 Å². The van der Waals surface area contributed by atoms with Crippen LogP contribution in [0.3, 0.4) is 0 Å². The molecule has 1 atom stereocenters. The lowest BCUT2D eigenvalue weighted by atomic mass is 10.1. The molecule has 0 aliphatic heterocycles. The van der Waals surface area contributed by atoms with Gasteiger partial charge in [-0.2, -0.15) is 0 Å². The zero-order valence-electron chi connectivity index (χ0n) is 14.1. The maximum Gasteiger partial charge on any atom is 0.258 e. The molecule has 5 heteroatoms. The minimum atomic E-state index is -0.227. The highest BCUT2D eigenvalue weighted by atomic mass is 19.1. The standard InChI is InChI=1S/C20H20FN3O/c1-13(19-22-18-5-3-2-4-17(18)20(25)23-19)24(16-10-11-16)12-14-6-8-15(21)9-7-14/h2-9,13,16H,10-12H2,1H3,(H,22,23,25)/t13-/m0/s1. The van der Waals surface area contributed by atoms with E-state index in [0.717, 1.165) is 18.4 Å². The van der Waals surface area contributed by atoms with Crippen molar-refractivity contribution in [1.82, 2.24) is 14.9 Å². The minimum absolute atomic E-state index is 0.0186. The van der Waals surface area contributed by atoms with Crippen molar-refractivity contribution in [3.63, 3.8) is 0 Å². The van der Waals surface area contributed by atoms with Crippen molar-refractivity contribution >= 4 is 10.9 Å². The lowest BCUT2D eigenvalue weighted by molar-refractivity contribution is 0.183. The zero-order chi connectivity index (χ0) is 17.4. The van der Waals surface area contributed by atoms with E-state index in [1.807, 2.05) is 30.3 Å². The monoisotopic (exact) mass is 337 g/mol. The molecule has 1 heterocycles. The average Bonchev–Trinajstić information content (AvgIpc) is 3.45. The molecule has 0 saturated heterocycles. The molecule has 0 bridgehead atoms. The summed E-state index contributed by atoms with van der Waals surface area (Å²) in [5.41, 5.74) is 1.67. The molecule has 3 aromatic rings. The van der Waals surface area contributed by atoms with Crippen LogP contribution in [0.2, 0.25) is 0 Å². The molecular weight excluding hydrogens is 317 g/mol. The van der Waals surface area contributed by atoms with Gasteiger partial charge in [-0.05, 0) is 49.6 Å². The molecule has 1 aliphatic rings. The van der Waals surface area contributed by atoms with Gasteiger partial charge in [0.1, 0.15) is 11.6 Å². The van der Waals surface area contributed by atoms with E-state index in [2.05, 4.69) is 21.8 Å². The summed E-state index contributed by atoms with van der Waals surface area (Å²) in [7, 11) is 0. The third-order valence-electron chi connectivity index (χ3n) is 4.82. The third-order valence-corrected chi connectivity index (χ3v) is 4.82. The fraction of sp³-hybridized carbons (Fsp3) is 0.300. The fourth-order valence-corrected chi connectivity index (χ4v) is 3.25. The summed E-state index contributed by atoms with van der Waals surface area (Å²) >= 11 is 0. The van der Waals surface area contributed by atoms with Gasteiger partial charge < -0.3 is 4.98 Å². The van der Waals surface area contributed by atoms with Gasteiger partial charge in [0, 0.05) is 12.6 Å². The second kappa shape index (κ2) is 6.41. The number of rotatable bonds is 5. The maximum atomic E-state index is 13.1. The van der Waals surface area contributed by atoms with Gasteiger partial charge >= 0.3 is 0 Å². The molecule has 0 spiro atoms. The van der Waals surface area contributed by atoms with E-state index in [-0.39, 0.29) is 17.4 Å². The Kier molecular flexibility index (Phi) is 4.09. The third kappa shape index (κ3) is 3.33. The quantitative estimate of drug-likeness (QED) is 0.771. The Hall–Kier alpha value is -2.53. The Balaban J connectivity index is 1.66. The van der Waals surface area contributed by atoms with Gasteiger partial charge in [0.05, 0.1) is 16.9 Å². The lowest BCUT2D eigenvalue weighted by Crippen LogP contribution is -2.31. The highest BCUT2D eigenvalue weighted by Gasteiger charge is 2.33.